The Kier molecular flexibility index (Phi) is 5.53. The number of methoxy groups -OCH3 is 1. The summed E-state index contributed by atoms with van der Waals surface area (Å²) in [4.78, 5) is 12.9. The molecule has 1 amide bonds. The topological polar surface area (TPSA) is 64.3 Å². The van der Waals surface area contributed by atoms with Crippen LogP contribution in [0.5, 0.6) is 11.5 Å². The van der Waals surface area contributed by atoms with Crippen LogP contribution in [-0.2, 0) is 4.79 Å². The molecule has 0 saturated carbocycles. The second-order valence-electron chi connectivity index (χ2n) is 6.47. The number of carbonyl (C=O) groups is 1. The maximum atomic E-state index is 12.9. The van der Waals surface area contributed by atoms with Gasteiger partial charge in [-0.1, -0.05) is 23.7 Å². The van der Waals surface area contributed by atoms with E-state index in [1.807, 2.05) is 30.3 Å². The number of benzene rings is 2. The van der Waals surface area contributed by atoms with Crippen molar-refractivity contribution in [3.05, 3.63) is 83.3 Å². The van der Waals surface area contributed by atoms with Crippen LogP contribution < -0.4 is 9.47 Å². The summed E-state index contributed by atoms with van der Waals surface area (Å²) < 4.78 is 16.4. The number of furan rings is 1. The van der Waals surface area contributed by atoms with Gasteiger partial charge in [0.25, 0.3) is 5.91 Å². The SMILES string of the molecule is COc1ccc(C2=NN(C(=O)COc3ccccc3Cl)[C@@H](c3ccco3)C2)cc1. The second kappa shape index (κ2) is 8.41. The minimum Gasteiger partial charge on any atom is -0.497 e. The number of hydrazone groups is 1. The summed E-state index contributed by atoms with van der Waals surface area (Å²) in [6.45, 7) is -0.180. The van der Waals surface area contributed by atoms with Crippen LogP contribution in [0.15, 0.2) is 76.4 Å². The van der Waals surface area contributed by atoms with Crippen LogP contribution in [0, 0.1) is 0 Å². The number of para-hydroxylation sites is 1. The highest BCUT2D eigenvalue weighted by atomic mass is 35.5. The van der Waals surface area contributed by atoms with Gasteiger partial charge in [0, 0.05) is 6.42 Å². The van der Waals surface area contributed by atoms with E-state index in [-0.39, 0.29) is 18.6 Å². The summed E-state index contributed by atoms with van der Waals surface area (Å²) in [5, 5.41) is 6.45. The van der Waals surface area contributed by atoms with Crippen LogP contribution in [-0.4, -0.2) is 30.3 Å². The van der Waals surface area contributed by atoms with E-state index in [0.717, 1.165) is 17.0 Å². The van der Waals surface area contributed by atoms with E-state index in [4.69, 9.17) is 25.5 Å². The molecule has 1 aliphatic rings. The highest BCUT2D eigenvalue weighted by molar-refractivity contribution is 6.32. The molecule has 1 atom stereocenters. The van der Waals surface area contributed by atoms with Crippen LogP contribution in [0.3, 0.4) is 0 Å². The molecule has 0 saturated heterocycles. The summed E-state index contributed by atoms with van der Waals surface area (Å²) in [5.74, 6) is 1.60. The zero-order valence-corrected chi connectivity index (χ0v) is 16.5. The lowest BCUT2D eigenvalue weighted by molar-refractivity contribution is -0.135. The standard InChI is InChI=1S/C22H19ClN2O4/c1-27-16-10-8-15(9-11-16)18-13-19(21-7-4-12-28-21)25(24-18)22(26)14-29-20-6-3-2-5-17(20)23/h2-12,19H,13-14H2,1H3/t19-/m1/s1. The molecule has 2 heterocycles. The Balaban J connectivity index is 1.55. The number of halogens is 1. The first-order chi connectivity index (χ1) is 14.2. The van der Waals surface area contributed by atoms with Gasteiger partial charge in [0.05, 0.1) is 24.1 Å². The van der Waals surface area contributed by atoms with Crippen molar-refractivity contribution in [1.29, 1.82) is 0 Å². The summed E-state index contributed by atoms with van der Waals surface area (Å²) in [6, 6.07) is 17.9. The van der Waals surface area contributed by atoms with E-state index in [0.29, 0.717) is 23.0 Å². The monoisotopic (exact) mass is 410 g/mol. The number of nitrogens with zero attached hydrogens (tertiary/aromatic N) is 2. The van der Waals surface area contributed by atoms with E-state index in [1.54, 1.807) is 43.7 Å². The number of rotatable bonds is 6. The highest BCUT2D eigenvalue weighted by Crippen LogP contribution is 2.33. The van der Waals surface area contributed by atoms with Gasteiger partial charge >= 0.3 is 0 Å². The molecule has 0 N–H and O–H groups in total. The molecule has 7 heteroatoms. The normalized spacial score (nSPS) is 15.9. The fourth-order valence-electron chi connectivity index (χ4n) is 3.17. The Morgan fingerprint density at radius 3 is 2.66 bits per heavy atom. The van der Waals surface area contributed by atoms with E-state index >= 15 is 0 Å². The number of hydrogen-bond donors (Lipinski definition) is 0. The molecular formula is C22H19ClN2O4. The van der Waals surface area contributed by atoms with Crippen LogP contribution >= 0.6 is 11.6 Å². The van der Waals surface area contributed by atoms with Gasteiger partial charge in [0.2, 0.25) is 0 Å². The molecule has 3 aromatic rings. The van der Waals surface area contributed by atoms with E-state index in [2.05, 4.69) is 5.10 Å². The first kappa shape index (κ1) is 19.1. The van der Waals surface area contributed by atoms with Crippen LogP contribution in [0.4, 0.5) is 0 Å². The molecule has 2 aromatic carbocycles. The molecule has 6 nitrogen and oxygen atoms in total. The van der Waals surface area contributed by atoms with Gasteiger partial charge in [-0.05, 0) is 54.1 Å². The fraction of sp³-hybridized carbons (Fsp3) is 0.182. The molecule has 0 unspecified atom stereocenters. The Morgan fingerprint density at radius 1 is 1.17 bits per heavy atom. The lowest BCUT2D eigenvalue weighted by Crippen LogP contribution is -2.31. The van der Waals surface area contributed by atoms with Crippen LogP contribution in [0.25, 0.3) is 0 Å². The van der Waals surface area contributed by atoms with Crippen molar-refractivity contribution in [1.82, 2.24) is 5.01 Å². The van der Waals surface area contributed by atoms with E-state index in [1.165, 1.54) is 5.01 Å². The predicted molar refractivity (Wildman–Crippen MR) is 109 cm³/mol. The number of hydrogen-bond acceptors (Lipinski definition) is 5. The van der Waals surface area contributed by atoms with Crippen molar-refractivity contribution in [3.8, 4) is 11.5 Å². The summed E-state index contributed by atoms with van der Waals surface area (Å²) in [5.41, 5.74) is 1.71. The van der Waals surface area contributed by atoms with Gasteiger partial charge in [0.1, 0.15) is 23.3 Å². The first-order valence-corrected chi connectivity index (χ1v) is 9.48. The van der Waals surface area contributed by atoms with E-state index < -0.39 is 0 Å². The molecule has 4 rings (SSSR count). The van der Waals surface area contributed by atoms with Gasteiger partial charge in [-0.15, -0.1) is 0 Å². The molecule has 0 bridgehead atoms. The van der Waals surface area contributed by atoms with E-state index in [9.17, 15) is 4.79 Å². The zero-order chi connectivity index (χ0) is 20.2. The Bertz CT molecular complexity index is 1020. The van der Waals surface area contributed by atoms with Crippen LogP contribution in [0.2, 0.25) is 5.02 Å². The van der Waals surface area contributed by atoms with Gasteiger partial charge < -0.3 is 13.9 Å². The van der Waals surface area contributed by atoms with Crippen molar-refractivity contribution in [3.63, 3.8) is 0 Å². The number of carbonyl (C=O) groups excluding carboxylic acids is 1. The first-order valence-electron chi connectivity index (χ1n) is 9.10. The van der Waals surface area contributed by atoms with Gasteiger partial charge in [-0.2, -0.15) is 5.10 Å². The molecule has 1 aromatic heterocycles. The lowest BCUT2D eigenvalue weighted by Gasteiger charge is -2.20. The molecule has 0 spiro atoms. The lowest BCUT2D eigenvalue weighted by atomic mass is 10.0. The van der Waals surface area contributed by atoms with Crippen molar-refractivity contribution in [2.75, 3.05) is 13.7 Å². The molecule has 148 valence electrons. The minimum atomic E-state index is -0.329. The smallest absolute Gasteiger partial charge is 0.281 e. The highest BCUT2D eigenvalue weighted by Gasteiger charge is 2.35. The second-order valence-corrected chi connectivity index (χ2v) is 6.88. The molecule has 29 heavy (non-hydrogen) atoms. The Morgan fingerprint density at radius 2 is 1.97 bits per heavy atom. The average Bonchev–Trinajstić information content (AvgIpc) is 3.43. The minimum absolute atomic E-state index is 0.180. The maximum Gasteiger partial charge on any atom is 0.281 e. The van der Waals surface area contributed by atoms with Gasteiger partial charge in [-0.3, -0.25) is 4.79 Å². The fourth-order valence-corrected chi connectivity index (χ4v) is 3.36. The zero-order valence-electron chi connectivity index (χ0n) is 15.7. The van der Waals surface area contributed by atoms with Crippen LogP contribution in [0.1, 0.15) is 23.8 Å². The molecule has 0 fully saturated rings. The Labute approximate surface area is 173 Å². The van der Waals surface area contributed by atoms with Crippen molar-refractivity contribution < 1.29 is 18.7 Å². The maximum absolute atomic E-state index is 12.9. The van der Waals surface area contributed by atoms with Crippen molar-refractivity contribution in [2.45, 2.75) is 12.5 Å². The number of amides is 1. The molecule has 0 radical (unpaired) electrons. The predicted octanol–water partition coefficient (Wildman–Crippen LogP) is 4.70. The molecule has 0 aliphatic carbocycles. The quantitative estimate of drug-likeness (QED) is 0.591. The number of ether oxygens (including phenoxy) is 2. The summed E-state index contributed by atoms with van der Waals surface area (Å²) in [7, 11) is 1.62. The van der Waals surface area contributed by atoms with Gasteiger partial charge in [0.15, 0.2) is 6.61 Å². The largest absolute Gasteiger partial charge is 0.497 e. The van der Waals surface area contributed by atoms with Crippen molar-refractivity contribution >= 4 is 23.2 Å². The average molecular weight is 411 g/mol. The third-order valence-corrected chi connectivity index (χ3v) is 4.96. The third kappa shape index (κ3) is 4.12. The summed E-state index contributed by atoms with van der Waals surface area (Å²) in [6.07, 6.45) is 2.13. The summed E-state index contributed by atoms with van der Waals surface area (Å²) >= 11 is 6.10. The molecule has 1 aliphatic heterocycles. The Hall–Kier alpha value is -3.25. The molecular weight excluding hydrogens is 392 g/mol. The van der Waals surface area contributed by atoms with Gasteiger partial charge in [-0.25, -0.2) is 5.01 Å². The van der Waals surface area contributed by atoms with Crippen molar-refractivity contribution in [2.24, 2.45) is 5.10 Å². The third-order valence-electron chi connectivity index (χ3n) is 4.65.